The van der Waals surface area contributed by atoms with Crippen molar-refractivity contribution in [1.82, 2.24) is 19.2 Å². The van der Waals surface area contributed by atoms with Gasteiger partial charge in [0.1, 0.15) is 4.83 Å². The number of nitrogens with zero attached hydrogens (tertiary/aromatic N) is 4. The zero-order valence-electron chi connectivity index (χ0n) is 12.5. The van der Waals surface area contributed by atoms with Crippen LogP contribution in [0.15, 0.2) is 27.6 Å². The van der Waals surface area contributed by atoms with Gasteiger partial charge in [0, 0.05) is 11.9 Å². The van der Waals surface area contributed by atoms with Crippen LogP contribution in [0.3, 0.4) is 0 Å². The van der Waals surface area contributed by atoms with Crippen LogP contribution >= 0.6 is 11.3 Å². The Bertz CT molecular complexity index is 1050. The molecule has 4 heterocycles. The van der Waals surface area contributed by atoms with Crippen molar-refractivity contribution in [2.45, 2.75) is 20.3 Å². The summed E-state index contributed by atoms with van der Waals surface area (Å²) >= 11 is 1.62. The molecule has 0 aliphatic heterocycles. The fourth-order valence-corrected chi connectivity index (χ4v) is 3.99. The smallest absolute Gasteiger partial charge is 0.351 e. The van der Waals surface area contributed by atoms with E-state index in [1.54, 1.807) is 41.3 Å². The number of aromatic nitrogens is 4. The molecule has 0 unspecified atom stereocenters. The average molecular weight is 314 g/mol. The molecule has 112 valence electrons. The van der Waals surface area contributed by atoms with E-state index in [0.29, 0.717) is 17.2 Å². The standard InChI is InChI=1S/C15H14N4O2S/c1-4-9-8(2)22-14-11(9)13-16-12(10-6-5-7-21-10)17-19(13)15(20)18(14)3/h5-7H,4H2,1-3H3. The molecule has 0 aromatic carbocycles. The summed E-state index contributed by atoms with van der Waals surface area (Å²) in [4.78, 5) is 19.2. The molecule has 0 bridgehead atoms. The van der Waals surface area contributed by atoms with Crippen LogP contribution in [-0.4, -0.2) is 19.2 Å². The van der Waals surface area contributed by atoms with E-state index < -0.39 is 0 Å². The zero-order valence-corrected chi connectivity index (χ0v) is 13.3. The van der Waals surface area contributed by atoms with Crippen LogP contribution < -0.4 is 5.69 Å². The monoisotopic (exact) mass is 314 g/mol. The Morgan fingerprint density at radius 2 is 2.23 bits per heavy atom. The van der Waals surface area contributed by atoms with Crippen molar-refractivity contribution in [2.24, 2.45) is 7.05 Å². The van der Waals surface area contributed by atoms with Crippen molar-refractivity contribution in [3.8, 4) is 11.6 Å². The summed E-state index contributed by atoms with van der Waals surface area (Å²) in [6, 6.07) is 3.57. The molecule has 0 aliphatic rings. The van der Waals surface area contributed by atoms with Gasteiger partial charge >= 0.3 is 5.69 Å². The lowest BCUT2D eigenvalue weighted by Gasteiger charge is -2.02. The highest BCUT2D eigenvalue weighted by molar-refractivity contribution is 7.19. The largest absolute Gasteiger partial charge is 0.461 e. The summed E-state index contributed by atoms with van der Waals surface area (Å²) in [5.41, 5.74) is 1.63. The van der Waals surface area contributed by atoms with Gasteiger partial charge in [-0.2, -0.15) is 4.52 Å². The minimum Gasteiger partial charge on any atom is -0.461 e. The lowest BCUT2D eigenvalue weighted by molar-refractivity contribution is 0.577. The number of thiophene rings is 1. The van der Waals surface area contributed by atoms with E-state index in [4.69, 9.17) is 4.42 Å². The van der Waals surface area contributed by atoms with Crippen molar-refractivity contribution in [3.05, 3.63) is 39.3 Å². The number of rotatable bonds is 2. The Hall–Kier alpha value is -2.41. The van der Waals surface area contributed by atoms with Crippen molar-refractivity contribution < 1.29 is 4.42 Å². The predicted molar refractivity (Wildman–Crippen MR) is 85.4 cm³/mol. The normalized spacial score (nSPS) is 11.8. The van der Waals surface area contributed by atoms with Gasteiger partial charge in [-0.1, -0.05) is 6.92 Å². The van der Waals surface area contributed by atoms with Gasteiger partial charge in [0.05, 0.1) is 11.6 Å². The third-order valence-electron chi connectivity index (χ3n) is 3.89. The second kappa shape index (κ2) is 4.54. The minimum atomic E-state index is -0.197. The average Bonchev–Trinajstić information content (AvgIpc) is 3.21. The van der Waals surface area contributed by atoms with Crippen LogP contribution in [0.25, 0.3) is 27.4 Å². The first kappa shape index (κ1) is 13.3. The Labute approximate surface area is 129 Å². The Kier molecular flexibility index (Phi) is 2.74. The molecule has 4 aromatic heterocycles. The number of fused-ring (bicyclic) bond motifs is 3. The van der Waals surface area contributed by atoms with Gasteiger partial charge in [-0.15, -0.1) is 16.4 Å². The van der Waals surface area contributed by atoms with Gasteiger partial charge in [0.15, 0.2) is 11.4 Å². The summed E-state index contributed by atoms with van der Waals surface area (Å²) in [7, 11) is 1.77. The van der Waals surface area contributed by atoms with Gasteiger partial charge in [0.2, 0.25) is 5.82 Å². The molecule has 4 rings (SSSR count). The quantitative estimate of drug-likeness (QED) is 0.570. The van der Waals surface area contributed by atoms with Crippen LogP contribution in [0.1, 0.15) is 17.4 Å². The van der Waals surface area contributed by atoms with Gasteiger partial charge in [-0.25, -0.2) is 9.78 Å². The number of aryl methyl sites for hydroxylation is 3. The number of furan rings is 1. The summed E-state index contributed by atoms with van der Waals surface area (Å²) < 4.78 is 8.35. The van der Waals surface area contributed by atoms with Gasteiger partial charge < -0.3 is 4.42 Å². The highest BCUT2D eigenvalue weighted by atomic mass is 32.1. The van der Waals surface area contributed by atoms with Crippen molar-refractivity contribution in [1.29, 1.82) is 0 Å². The second-order valence-electron chi connectivity index (χ2n) is 5.16. The van der Waals surface area contributed by atoms with Crippen molar-refractivity contribution in [2.75, 3.05) is 0 Å². The maximum absolute atomic E-state index is 12.5. The van der Waals surface area contributed by atoms with Crippen LogP contribution in [0.2, 0.25) is 0 Å². The first-order valence-corrected chi connectivity index (χ1v) is 7.85. The van der Waals surface area contributed by atoms with Gasteiger partial charge in [0.25, 0.3) is 0 Å². The van der Waals surface area contributed by atoms with Crippen molar-refractivity contribution in [3.63, 3.8) is 0 Å². The molecule has 0 saturated carbocycles. The van der Waals surface area contributed by atoms with E-state index in [9.17, 15) is 4.79 Å². The predicted octanol–water partition coefficient (Wildman–Crippen LogP) is 2.77. The molecule has 0 radical (unpaired) electrons. The molecule has 0 saturated heterocycles. The van der Waals surface area contributed by atoms with Crippen LogP contribution in [0.4, 0.5) is 0 Å². The third-order valence-corrected chi connectivity index (χ3v) is 5.11. The van der Waals surface area contributed by atoms with E-state index >= 15 is 0 Å². The molecule has 0 N–H and O–H groups in total. The highest BCUT2D eigenvalue weighted by Gasteiger charge is 2.20. The SMILES string of the molecule is CCc1c(C)sc2c1c1nc(-c3ccco3)nn1c(=O)n2C. The Balaban J connectivity index is 2.21. The molecule has 4 aromatic rings. The molecule has 0 aliphatic carbocycles. The Morgan fingerprint density at radius 1 is 1.41 bits per heavy atom. The van der Waals surface area contributed by atoms with Gasteiger partial charge in [-0.3, -0.25) is 4.57 Å². The van der Waals surface area contributed by atoms with E-state index in [1.165, 1.54) is 15.0 Å². The second-order valence-corrected chi connectivity index (χ2v) is 6.36. The first-order chi connectivity index (χ1) is 10.6. The molecule has 0 atom stereocenters. The minimum absolute atomic E-state index is 0.197. The van der Waals surface area contributed by atoms with E-state index in [2.05, 4.69) is 23.9 Å². The summed E-state index contributed by atoms with van der Waals surface area (Å²) in [6.45, 7) is 4.19. The van der Waals surface area contributed by atoms with E-state index in [0.717, 1.165) is 16.6 Å². The first-order valence-electron chi connectivity index (χ1n) is 7.03. The molecule has 0 fully saturated rings. The third kappa shape index (κ3) is 1.62. The maximum atomic E-state index is 12.5. The summed E-state index contributed by atoms with van der Waals surface area (Å²) in [5.74, 6) is 0.990. The topological polar surface area (TPSA) is 65.3 Å². The van der Waals surface area contributed by atoms with Gasteiger partial charge in [-0.05, 0) is 31.0 Å². The van der Waals surface area contributed by atoms with Crippen LogP contribution in [-0.2, 0) is 13.5 Å². The van der Waals surface area contributed by atoms with Crippen LogP contribution in [0, 0.1) is 6.92 Å². The van der Waals surface area contributed by atoms with E-state index in [-0.39, 0.29) is 5.69 Å². The zero-order chi connectivity index (χ0) is 15.4. The highest BCUT2D eigenvalue weighted by Crippen LogP contribution is 2.33. The number of hydrogen-bond donors (Lipinski definition) is 0. The van der Waals surface area contributed by atoms with Crippen molar-refractivity contribution >= 4 is 27.2 Å². The van der Waals surface area contributed by atoms with E-state index in [1.807, 2.05) is 0 Å². The molecular weight excluding hydrogens is 300 g/mol. The molecule has 0 spiro atoms. The molecule has 22 heavy (non-hydrogen) atoms. The summed E-state index contributed by atoms with van der Waals surface area (Å²) in [5, 5.41) is 5.34. The number of hydrogen-bond acceptors (Lipinski definition) is 5. The molecule has 0 amide bonds. The molecule has 7 heteroatoms. The van der Waals surface area contributed by atoms with Crippen LogP contribution in [0.5, 0.6) is 0 Å². The Morgan fingerprint density at radius 3 is 2.91 bits per heavy atom. The lowest BCUT2D eigenvalue weighted by Crippen LogP contribution is -2.25. The molecular formula is C15H14N4O2S. The maximum Gasteiger partial charge on any atom is 0.351 e. The lowest BCUT2D eigenvalue weighted by atomic mass is 10.1. The fourth-order valence-electron chi connectivity index (χ4n) is 2.80. The fraction of sp³-hybridized carbons (Fsp3) is 0.267. The molecule has 6 nitrogen and oxygen atoms in total. The summed E-state index contributed by atoms with van der Waals surface area (Å²) in [6.07, 6.45) is 2.46.